The molecule has 2 aliphatic heterocycles. The third-order valence-electron chi connectivity index (χ3n) is 9.13. The highest BCUT2D eigenvalue weighted by Gasteiger charge is 2.40. The predicted octanol–water partition coefficient (Wildman–Crippen LogP) is 4.85. The molecule has 3 heterocycles. The second-order valence-electron chi connectivity index (χ2n) is 12.9. The quantitative estimate of drug-likeness (QED) is 0.240. The first kappa shape index (κ1) is 35.9. The second-order valence-corrected chi connectivity index (χ2v) is 12.9. The summed E-state index contributed by atoms with van der Waals surface area (Å²) in [7, 11) is 0. The standard InChI is InChI=1S/C36H40F2N6O4.ClH/c1-21(28-18-27(12-9-23(28)8-7-22-5-6-22)42-35(47)30-4-2-3-15-39-30)41-36(48)32-17-26(38)20-44(32)33(45)19-40-34(46)31-13-10-24-16-25(37)11-14-29(24)43-31;/h7-14,16,18,21-22,26,30,32,39H,2-6,15,17,19-20H2,1H3,(H,40,46)(H,41,48)(H,42,47);1H/b8-7+;/t21-,26+,30+,32-;/m0./s1. The van der Waals surface area contributed by atoms with Crippen LogP contribution in [0.1, 0.15) is 73.1 Å². The minimum absolute atomic E-state index is 0. The van der Waals surface area contributed by atoms with Crippen LogP contribution >= 0.6 is 12.4 Å². The third kappa shape index (κ3) is 8.98. The minimum atomic E-state index is -1.40. The molecule has 1 aliphatic carbocycles. The molecule has 1 saturated carbocycles. The summed E-state index contributed by atoms with van der Waals surface area (Å²) in [6, 6.07) is 10.7. The fourth-order valence-corrected chi connectivity index (χ4v) is 6.28. The number of halogens is 3. The van der Waals surface area contributed by atoms with Crippen molar-refractivity contribution in [3.63, 3.8) is 0 Å². The molecule has 1 aromatic heterocycles. The van der Waals surface area contributed by atoms with Gasteiger partial charge in [-0.2, -0.15) is 0 Å². The van der Waals surface area contributed by atoms with Crippen LogP contribution in [0.25, 0.3) is 17.0 Å². The molecule has 260 valence electrons. The molecule has 0 spiro atoms. The number of piperidine rings is 1. The molecule has 4 amide bonds. The van der Waals surface area contributed by atoms with Crippen molar-refractivity contribution in [3.8, 4) is 0 Å². The van der Waals surface area contributed by atoms with E-state index >= 15 is 0 Å². The summed E-state index contributed by atoms with van der Waals surface area (Å²) in [4.78, 5) is 57.8. The van der Waals surface area contributed by atoms with Gasteiger partial charge in [0, 0.05) is 17.5 Å². The van der Waals surface area contributed by atoms with Crippen molar-refractivity contribution in [2.45, 2.75) is 69.7 Å². The largest absolute Gasteiger partial charge is 0.348 e. The molecule has 2 aromatic carbocycles. The van der Waals surface area contributed by atoms with Crippen LogP contribution in [0.3, 0.4) is 0 Å². The Kier molecular flexibility index (Phi) is 11.6. The summed E-state index contributed by atoms with van der Waals surface area (Å²) in [5.41, 5.74) is 2.73. The zero-order valence-electron chi connectivity index (χ0n) is 27.2. The minimum Gasteiger partial charge on any atom is -0.348 e. The van der Waals surface area contributed by atoms with Crippen molar-refractivity contribution in [1.82, 2.24) is 25.8 Å². The van der Waals surface area contributed by atoms with Gasteiger partial charge in [0.15, 0.2) is 0 Å². The van der Waals surface area contributed by atoms with E-state index in [9.17, 15) is 28.0 Å². The normalized spacial score (nSPS) is 21.2. The molecule has 3 fully saturated rings. The van der Waals surface area contributed by atoms with Crippen molar-refractivity contribution in [2.75, 3.05) is 25.0 Å². The highest BCUT2D eigenvalue weighted by atomic mass is 35.5. The van der Waals surface area contributed by atoms with Crippen LogP contribution in [0.2, 0.25) is 0 Å². The highest BCUT2D eigenvalue weighted by molar-refractivity contribution is 5.98. The van der Waals surface area contributed by atoms with Crippen LogP contribution in [0.4, 0.5) is 14.5 Å². The number of nitrogens with one attached hydrogen (secondary N) is 4. The predicted molar refractivity (Wildman–Crippen MR) is 185 cm³/mol. The number of carbonyl (C=O) groups is 4. The zero-order chi connectivity index (χ0) is 33.8. The molecule has 10 nitrogen and oxygen atoms in total. The highest BCUT2D eigenvalue weighted by Crippen LogP contribution is 2.32. The zero-order valence-corrected chi connectivity index (χ0v) is 28.0. The Morgan fingerprint density at radius 1 is 1.04 bits per heavy atom. The number of carbonyl (C=O) groups excluding carboxylic acids is 4. The number of allylic oxidation sites excluding steroid dienone is 1. The number of likely N-dealkylation sites (tertiary alicyclic amines) is 1. The number of hydrogen-bond donors (Lipinski definition) is 4. The molecule has 6 rings (SSSR count). The summed E-state index contributed by atoms with van der Waals surface area (Å²) in [5.74, 6) is -1.74. The molecule has 3 aliphatic rings. The van der Waals surface area contributed by atoms with Crippen molar-refractivity contribution in [2.24, 2.45) is 5.92 Å². The molecule has 0 bridgehead atoms. The number of amides is 4. The first-order valence-electron chi connectivity index (χ1n) is 16.6. The van der Waals surface area contributed by atoms with Crippen LogP contribution in [0.5, 0.6) is 0 Å². The monoisotopic (exact) mass is 694 g/mol. The average Bonchev–Trinajstić information content (AvgIpc) is 3.84. The molecular formula is C36H41ClF2N6O4. The van der Waals surface area contributed by atoms with Crippen molar-refractivity contribution >= 4 is 58.7 Å². The second kappa shape index (κ2) is 15.9. The van der Waals surface area contributed by atoms with Gasteiger partial charge in [-0.3, -0.25) is 19.2 Å². The fraction of sp³-hybridized carbons (Fsp3) is 0.417. The number of hydrogen-bond acceptors (Lipinski definition) is 6. The van der Waals surface area contributed by atoms with Crippen LogP contribution in [-0.2, 0) is 14.4 Å². The SMILES string of the molecule is C[C@H](NC(=O)[C@@H]1C[C@@H](F)CN1C(=O)CNC(=O)c1ccc2cc(F)ccc2n1)c1cc(NC(=O)[C@H]2CCCCN2)ccc1/C=C/C1CC1.Cl. The molecule has 4 N–H and O–H groups in total. The van der Waals surface area contributed by atoms with E-state index < -0.39 is 48.3 Å². The maximum Gasteiger partial charge on any atom is 0.270 e. The average molecular weight is 695 g/mol. The lowest BCUT2D eigenvalue weighted by atomic mass is 9.98. The number of alkyl halides is 1. The molecule has 0 radical (unpaired) electrons. The Morgan fingerprint density at radius 3 is 2.61 bits per heavy atom. The molecule has 4 atom stereocenters. The molecule has 0 unspecified atom stereocenters. The fourth-order valence-electron chi connectivity index (χ4n) is 6.28. The molecule has 2 saturated heterocycles. The number of anilines is 1. The van der Waals surface area contributed by atoms with E-state index in [0.717, 1.165) is 54.7 Å². The Morgan fingerprint density at radius 2 is 1.86 bits per heavy atom. The molecule has 13 heteroatoms. The van der Waals surface area contributed by atoms with Gasteiger partial charge in [0.2, 0.25) is 17.7 Å². The van der Waals surface area contributed by atoms with Gasteiger partial charge in [-0.25, -0.2) is 13.8 Å². The lowest BCUT2D eigenvalue weighted by molar-refractivity contribution is -0.138. The number of pyridine rings is 1. The van der Waals surface area contributed by atoms with Crippen LogP contribution in [-0.4, -0.2) is 71.4 Å². The van der Waals surface area contributed by atoms with Crippen molar-refractivity contribution in [1.29, 1.82) is 0 Å². The van der Waals surface area contributed by atoms with Gasteiger partial charge in [0.1, 0.15) is 23.7 Å². The van der Waals surface area contributed by atoms with Gasteiger partial charge in [0.25, 0.3) is 5.91 Å². The first-order valence-corrected chi connectivity index (χ1v) is 16.6. The Labute approximate surface area is 289 Å². The van der Waals surface area contributed by atoms with Gasteiger partial charge in [-0.15, -0.1) is 12.4 Å². The topological polar surface area (TPSA) is 133 Å². The van der Waals surface area contributed by atoms with E-state index in [1.54, 1.807) is 6.07 Å². The maximum atomic E-state index is 14.7. The molecule has 3 aromatic rings. The third-order valence-corrected chi connectivity index (χ3v) is 9.13. The summed E-state index contributed by atoms with van der Waals surface area (Å²) < 4.78 is 28.2. The number of benzene rings is 2. The van der Waals surface area contributed by atoms with Crippen LogP contribution in [0.15, 0.2) is 54.6 Å². The maximum absolute atomic E-state index is 14.7. The van der Waals surface area contributed by atoms with Gasteiger partial charge in [-0.05, 0) is 92.6 Å². The van der Waals surface area contributed by atoms with E-state index in [2.05, 4.69) is 32.3 Å². The van der Waals surface area contributed by atoms with Crippen molar-refractivity contribution < 1.29 is 28.0 Å². The van der Waals surface area contributed by atoms with Crippen molar-refractivity contribution in [3.05, 3.63) is 77.2 Å². The summed E-state index contributed by atoms with van der Waals surface area (Å²) in [6.45, 7) is 1.89. The lowest BCUT2D eigenvalue weighted by Crippen LogP contribution is -2.49. The van der Waals surface area contributed by atoms with Gasteiger partial charge in [-0.1, -0.05) is 30.7 Å². The number of fused-ring (bicyclic) bond motifs is 1. The van der Waals surface area contributed by atoms with Gasteiger partial charge >= 0.3 is 0 Å². The summed E-state index contributed by atoms with van der Waals surface area (Å²) in [5, 5.41) is 12.2. The number of rotatable bonds is 10. The number of nitrogens with zero attached hydrogens (tertiary/aromatic N) is 2. The van der Waals surface area contributed by atoms with Crippen LogP contribution in [0, 0.1) is 11.7 Å². The van der Waals surface area contributed by atoms with E-state index in [0.29, 0.717) is 22.5 Å². The summed E-state index contributed by atoms with van der Waals surface area (Å²) in [6.07, 6.45) is 7.67. The summed E-state index contributed by atoms with van der Waals surface area (Å²) >= 11 is 0. The molecular weight excluding hydrogens is 654 g/mol. The van der Waals surface area contributed by atoms with E-state index in [1.807, 2.05) is 31.2 Å². The first-order chi connectivity index (χ1) is 23.1. The number of aromatic nitrogens is 1. The molecule has 49 heavy (non-hydrogen) atoms. The van der Waals surface area contributed by atoms with E-state index in [1.165, 1.54) is 24.3 Å². The van der Waals surface area contributed by atoms with Crippen LogP contribution < -0.4 is 21.3 Å². The van der Waals surface area contributed by atoms with Gasteiger partial charge < -0.3 is 26.2 Å². The smallest absolute Gasteiger partial charge is 0.270 e. The Bertz CT molecular complexity index is 1750. The van der Waals surface area contributed by atoms with Gasteiger partial charge in [0.05, 0.1) is 30.7 Å². The van der Waals surface area contributed by atoms with E-state index in [4.69, 9.17) is 0 Å². The Balaban J connectivity index is 0.00000468. The lowest BCUT2D eigenvalue weighted by Gasteiger charge is -2.26. The van der Waals surface area contributed by atoms with E-state index in [-0.39, 0.29) is 43.0 Å². The Hall–Kier alpha value is -4.42.